The van der Waals surface area contributed by atoms with Gasteiger partial charge in [0.05, 0.1) is 10.8 Å². The fourth-order valence-corrected chi connectivity index (χ4v) is 17.6. The summed E-state index contributed by atoms with van der Waals surface area (Å²) in [5.41, 5.74) is 33.0. The SMILES string of the molecule is c1ccc2c(c1)-c1ccccc1C21c2ccccc2-c2ccc(-c3ccc(-c4c5ccccc5c(-c5c6ccccc6c(-c6ccc(-c7ccc8c(c7)C7(c9ccccc9-c9ccccc97)c7ccccc7-8)cc6)c6ccccc56)c5ccccc45)cc3)cc21. The average molecular weight is 1140 g/mol. The number of hydrogen-bond acceptors (Lipinski definition) is 0. The zero-order chi connectivity index (χ0) is 58.8. The van der Waals surface area contributed by atoms with E-state index in [0.717, 1.165) is 0 Å². The van der Waals surface area contributed by atoms with Crippen LogP contribution in [0.2, 0.25) is 0 Å². The molecule has 4 aliphatic rings. The molecule has 2 spiro atoms. The van der Waals surface area contributed by atoms with Gasteiger partial charge in [-0.1, -0.05) is 315 Å². The highest BCUT2D eigenvalue weighted by Crippen LogP contribution is 2.65. The van der Waals surface area contributed by atoms with Crippen molar-refractivity contribution in [3.05, 3.63) is 372 Å². The molecule has 0 saturated heterocycles. The smallest absolute Gasteiger partial charge is 0.0619 e. The monoisotopic (exact) mass is 1130 g/mol. The lowest BCUT2D eigenvalue weighted by Crippen LogP contribution is -2.25. The van der Waals surface area contributed by atoms with Gasteiger partial charge in [0.25, 0.3) is 0 Å². The Morgan fingerprint density at radius 2 is 0.322 bits per heavy atom. The van der Waals surface area contributed by atoms with Crippen LogP contribution in [0, 0.1) is 0 Å². The van der Waals surface area contributed by atoms with Crippen LogP contribution in [0.5, 0.6) is 0 Å². The van der Waals surface area contributed by atoms with Crippen LogP contribution in [0.25, 0.3) is 143 Å². The van der Waals surface area contributed by atoms with Gasteiger partial charge < -0.3 is 0 Å². The molecule has 0 fully saturated rings. The molecule has 0 bridgehead atoms. The van der Waals surface area contributed by atoms with Crippen LogP contribution in [0.15, 0.2) is 328 Å². The van der Waals surface area contributed by atoms with E-state index in [4.69, 9.17) is 0 Å². The highest BCUT2D eigenvalue weighted by molar-refractivity contribution is 6.30. The van der Waals surface area contributed by atoms with Crippen molar-refractivity contribution in [2.24, 2.45) is 0 Å². The van der Waals surface area contributed by atoms with Gasteiger partial charge in [-0.3, -0.25) is 0 Å². The molecule has 16 aromatic carbocycles. The Kier molecular flexibility index (Phi) is 10.2. The maximum Gasteiger partial charge on any atom is 0.0725 e. The third-order valence-electron chi connectivity index (χ3n) is 21.1. The molecule has 0 aliphatic heterocycles. The standard InChI is InChI=1S/C90H54/c1-5-31-73-69(27-1)85(57-45-41-55(42-46-57)59-49-51-67-65-25-13-19-39-81(65)89(83(67)53-59)77-35-15-9-21-61(77)62-22-10-16-36-78(62)89)70-28-2-6-32-74(70)87(73)88-75-33-7-3-29-71(75)86(72-30-4-8-34-76(72)88)58-47-43-56(44-48-58)60-50-52-68-66-26-14-20-40-82(66)90(84(68)54-60)79-37-17-11-23-63(79)64-24-12-18-38-80(64)90/h1-54H. The topological polar surface area (TPSA) is 0 Å². The second-order valence-corrected chi connectivity index (χ2v) is 25.1. The Balaban J connectivity index is 0.707. The summed E-state index contributed by atoms with van der Waals surface area (Å²) in [6.45, 7) is 0. The summed E-state index contributed by atoms with van der Waals surface area (Å²) < 4.78 is 0. The van der Waals surface area contributed by atoms with Crippen molar-refractivity contribution in [2.75, 3.05) is 0 Å². The quantitative estimate of drug-likeness (QED) is 0.151. The van der Waals surface area contributed by atoms with Crippen LogP contribution in [-0.2, 0) is 10.8 Å². The number of hydrogen-bond donors (Lipinski definition) is 0. The van der Waals surface area contributed by atoms with E-state index < -0.39 is 10.8 Å². The van der Waals surface area contributed by atoms with E-state index in [1.165, 1.54) is 188 Å². The van der Waals surface area contributed by atoms with Gasteiger partial charge in [0.1, 0.15) is 0 Å². The molecule has 0 atom stereocenters. The molecular weight excluding hydrogens is 1080 g/mol. The summed E-state index contributed by atoms with van der Waals surface area (Å²) in [6, 6.07) is 124. The van der Waals surface area contributed by atoms with Crippen LogP contribution >= 0.6 is 0 Å². The maximum absolute atomic E-state index is 2.50. The largest absolute Gasteiger partial charge is 0.0725 e. The molecule has 0 aromatic heterocycles. The molecular formula is C90H54. The van der Waals surface area contributed by atoms with E-state index in [9.17, 15) is 0 Å². The normalized spacial score (nSPS) is 13.7. The number of fused-ring (bicyclic) bond motifs is 24. The zero-order valence-corrected chi connectivity index (χ0v) is 49.2. The lowest BCUT2D eigenvalue weighted by Gasteiger charge is -2.30. The Bertz CT molecular complexity index is 5180. The fraction of sp³-hybridized carbons (Fsp3) is 0.0222. The molecule has 20 rings (SSSR count). The van der Waals surface area contributed by atoms with Crippen molar-refractivity contribution in [1.82, 2.24) is 0 Å². The lowest BCUT2D eigenvalue weighted by atomic mass is 9.70. The second kappa shape index (κ2) is 18.5. The molecule has 16 aromatic rings. The van der Waals surface area contributed by atoms with E-state index in [1.807, 2.05) is 0 Å². The Hall–Kier alpha value is -11.4. The van der Waals surface area contributed by atoms with Crippen LogP contribution in [0.3, 0.4) is 0 Å². The lowest BCUT2D eigenvalue weighted by molar-refractivity contribution is 0.794. The average Bonchev–Trinajstić information content (AvgIpc) is 1.50. The number of benzene rings is 16. The molecule has 0 saturated carbocycles. The first-order valence-corrected chi connectivity index (χ1v) is 31.6. The van der Waals surface area contributed by atoms with Crippen LogP contribution < -0.4 is 0 Å². The molecule has 0 N–H and O–H groups in total. The minimum absolute atomic E-state index is 0.390. The van der Waals surface area contributed by atoms with Crippen molar-refractivity contribution >= 4 is 43.1 Å². The molecule has 4 aliphatic carbocycles. The summed E-state index contributed by atoms with van der Waals surface area (Å²) in [5, 5.41) is 9.93. The highest BCUT2D eigenvalue weighted by Gasteiger charge is 2.53. The molecule has 0 heteroatoms. The molecule has 0 amide bonds. The first-order valence-electron chi connectivity index (χ1n) is 31.6. The van der Waals surface area contributed by atoms with Crippen molar-refractivity contribution in [1.29, 1.82) is 0 Å². The molecule has 0 heterocycles. The van der Waals surface area contributed by atoms with E-state index >= 15 is 0 Å². The van der Waals surface area contributed by atoms with Crippen molar-refractivity contribution < 1.29 is 0 Å². The van der Waals surface area contributed by atoms with E-state index in [-0.39, 0.29) is 0 Å². The summed E-state index contributed by atoms with van der Waals surface area (Å²) in [6.07, 6.45) is 0. The molecule has 0 unspecified atom stereocenters. The third kappa shape index (κ3) is 6.44. The van der Waals surface area contributed by atoms with Gasteiger partial charge in [-0.15, -0.1) is 0 Å². The minimum atomic E-state index is -0.390. The Labute approximate surface area is 522 Å². The van der Waals surface area contributed by atoms with Crippen molar-refractivity contribution in [3.8, 4) is 100 Å². The molecule has 90 heavy (non-hydrogen) atoms. The predicted octanol–water partition coefficient (Wildman–Crippen LogP) is 23.3. The van der Waals surface area contributed by atoms with E-state index in [1.54, 1.807) is 0 Å². The second-order valence-electron chi connectivity index (χ2n) is 25.1. The minimum Gasteiger partial charge on any atom is -0.0619 e. The van der Waals surface area contributed by atoms with Gasteiger partial charge in [0.15, 0.2) is 0 Å². The predicted molar refractivity (Wildman–Crippen MR) is 376 cm³/mol. The third-order valence-corrected chi connectivity index (χ3v) is 21.1. The van der Waals surface area contributed by atoms with Gasteiger partial charge in [0.2, 0.25) is 0 Å². The molecule has 0 nitrogen and oxygen atoms in total. The Morgan fingerprint density at radius 1 is 0.133 bits per heavy atom. The summed E-state index contributed by atoms with van der Waals surface area (Å²) in [4.78, 5) is 0. The van der Waals surface area contributed by atoms with Gasteiger partial charge in [-0.05, 0) is 200 Å². The van der Waals surface area contributed by atoms with E-state index in [0.29, 0.717) is 0 Å². The van der Waals surface area contributed by atoms with Crippen LogP contribution in [0.4, 0.5) is 0 Å². The van der Waals surface area contributed by atoms with E-state index in [2.05, 4.69) is 328 Å². The maximum atomic E-state index is 2.50. The van der Waals surface area contributed by atoms with Crippen molar-refractivity contribution in [2.45, 2.75) is 10.8 Å². The number of rotatable bonds is 5. The van der Waals surface area contributed by atoms with Gasteiger partial charge in [-0.25, -0.2) is 0 Å². The summed E-state index contributed by atoms with van der Waals surface area (Å²) in [5.74, 6) is 0. The molecule has 414 valence electrons. The van der Waals surface area contributed by atoms with Crippen LogP contribution in [-0.4, -0.2) is 0 Å². The Morgan fingerprint density at radius 3 is 0.578 bits per heavy atom. The summed E-state index contributed by atoms with van der Waals surface area (Å²) >= 11 is 0. The molecule has 0 radical (unpaired) electrons. The zero-order valence-electron chi connectivity index (χ0n) is 49.2. The van der Waals surface area contributed by atoms with Crippen LogP contribution in [0.1, 0.15) is 44.5 Å². The van der Waals surface area contributed by atoms with Gasteiger partial charge in [-0.2, -0.15) is 0 Å². The van der Waals surface area contributed by atoms with Gasteiger partial charge in [0, 0.05) is 0 Å². The van der Waals surface area contributed by atoms with Gasteiger partial charge >= 0.3 is 0 Å². The van der Waals surface area contributed by atoms with Crippen molar-refractivity contribution in [3.63, 3.8) is 0 Å². The first-order chi connectivity index (χ1) is 44.7. The summed E-state index contributed by atoms with van der Waals surface area (Å²) in [7, 11) is 0. The first kappa shape index (κ1) is 49.7. The fourth-order valence-electron chi connectivity index (χ4n) is 17.6. The highest BCUT2D eigenvalue weighted by atomic mass is 14.5.